The molecule has 3 atom stereocenters. The average molecular weight is 348 g/mol. The van der Waals surface area contributed by atoms with Gasteiger partial charge in [0.1, 0.15) is 0 Å². The van der Waals surface area contributed by atoms with Crippen molar-refractivity contribution in [3.05, 3.63) is 70.3 Å². The number of fused-ring (bicyclic) bond motifs is 4. The first kappa shape index (κ1) is 15.3. The summed E-state index contributed by atoms with van der Waals surface area (Å²) in [7, 11) is 0. The summed E-state index contributed by atoms with van der Waals surface area (Å²) >= 11 is 0. The maximum Gasteiger partial charge on any atom is 0.346 e. The first-order valence-electron chi connectivity index (χ1n) is 8.64. The Bertz CT molecular complexity index is 968. The Morgan fingerprint density at radius 3 is 2.62 bits per heavy atom. The maximum absolute atomic E-state index is 12.8. The van der Waals surface area contributed by atoms with E-state index in [0.29, 0.717) is 17.4 Å². The molecule has 0 spiro atoms. The van der Waals surface area contributed by atoms with Crippen LogP contribution in [0.25, 0.3) is 0 Å². The Kier molecular flexibility index (Phi) is 3.24. The second-order valence-corrected chi connectivity index (χ2v) is 6.95. The van der Waals surface area contributed by atoms with E-state index in [9.17, 15) is 14.4 Å². The predicted molar refractivity (Wildman–Crippen MR) is 91.9 cm³/mol. The van der Waals surface area contributed by atoms with E-state index in [1.54, 1.807) is 6.07 Å². The molecule has 0 unspecified atom stereocenters. The molecule has 2 aromatic rings. The molecule has 0 saturated carbocycles. The number of hydrogen-bond acceptors (Lipinski definition) is 5. The SMILES string of the molecule is O=C(N[C@H]1c2ccccc2[C@@H]2CNC[C@@H]21)c1ccc2c(c1)C(=O)OC2=O. The molecule has 26 heavy (non-hydrogen) atoms. The Morgan fingerprint density at radius 1 is 1.00 bits per heavy atom. The Hall–Kier alpha value is -2.99. The second kappa shape index (κ2) is 5.51. The summed E-state index contributed by atoms with van der Waals surface area (Å²) in [6, 6.07) is 12.6. The minimum Gasteiger partial charge on any atom is -0.386 e. The first-order chi connectivity index (χ1) is 12.6. The smallest absolute Gasteiger partial charge is 0.346 e. The maximum atomic E-state index is 12.8. The predicted octanol–water partition coefficient (Wildman–Crippen LogP) is 1.78. The molecule has 0 radical (unpaired) electrons. The minimum absolute atomic E-state index is 0.0689. The number of carbonyl (C=O) groups is 3. The van der Waals surface area contributed by atoms with Crippen molar-refractivity contribution in [2.75, 3.05) is 13.1 Å². The van der Waals surface area contributed by atoms with Crippen LogP contribution in [0.5, 0.6) is 0 Å². The van der Waals surface area contributed by atoms with Crippen LogP contribution in [-0.4, -0.2) is 30.9 Å². The van der Waals surface area contributed by atoms with Crippen LogP contribution < -0.4 is 10.6 Å². The van der Waals surface area contributed by atoms with E-state index < -0.39 is 11.9 Å². The molecule has 0 bridgehead atoms. The van der Waals surface area contributed by atoms with E-state index in [4.69, 9.17) is 0 Å². The van der Waals surface area contributed by atoms with E-state index in [0.717, 1.165) is 18.7 Å². The lowest BCUT2D eigenvalue weighted by molar-refractivity contribution is 0.0443. The van der Waals surface area contributed by atoms with Gasteiger partial charge in [0.05, 0.1) is 17.2 Å². The van der Waals surface area contributed by atoms with Gasteiger partial charge in [-0.3, -0.25) is 4.79 Å². The zero-order valence-electron chi connectivity index (χ0n) is 13.8. The summed E-state index contributed by atoms with van der Waals surface area (Å²) in [6.07, 6.45) is 0. The van der Waals surface area contributed by atoms with Crippen molar-refractivity contribution < 1.29 is 19.1 Å². The highest BCUT2D eigenvalue weighted by Crippen LogP contribution is 2.46. The van der Waals surface area contributed by atoms with Gasteiger partial charge in [-0.15, -0.1) is 0 Å². The van der Waals surface area contributed by atoms with Crippen molar-refractivity contribution in [2.45, 2.75) is 12.0 Å². The van der Waals surface area contributed by atoms with Gasteiger partial charge >= 0.3 is 11.9 Å². The fraction of sp³-hybridized carbons (Fsp3) is 0.250. The van der Waals surface area contributed by atoms with E-state index in [1.165, 1.54) is 17.7 Å². The summed E-state index contributed by atoms with van der Waals surface area (Å²) < 4.78 is 4.59. The number of rotatable bonds is 2. The highest BCUT2D eigenvalue weighted by atomic mass is 16.6. The summed E-state index contributed by atoms with van der Waals surface area (Å²) in [5.74, 6) is -0.902. The van der Waals surface area contributed by atoms with Gasteiger partial charge in [-0.2, -0.15) is 0 Å². The van der Waals surface area contributed by atoms with Crippen LogP contribution in [0.4, 0.5) is 0 Å². The van der Waals surface area contributed by atoms with Crippen molar-refractivity contribution in [3.63, 3.8) is 0 Å². The molecule has 5 rings (SSSR count). The Balaban J connectivity index is 1.45. The Labute approximate surface area is 149 Å². The number of ether oxygens (including phenoxy) is 1. The van der Waals surface area contributed by atoms with Gasteiger partial charge in [0, 0.05) is 30.5 Å². The monoisotopic (exact) mass is 348 g/mol. The molecular weight excluding hydrogens is 332 g/mol. The second-order valence-electron chi connectivity index (χ2n) is 6.95. The normalized spacial score (nSPS) is 25.5. The molecule has 2 N–H and O–H groups in total. The molecule has 0 aromatic heterocycles. The fourth-order valence-electron chi connectivity index (χ4n) is 4.39. The molecule has 6 heteroatoms. The van der Waals surface area contributed by atoms with Gasteiger partial charge in [-0.25, -0.2) is 9.59 Å². The molecule has 3 aliphatic rings. The zero-order chi connectivity index (χ0) is 17.8. The molecule has 1 saturated heterocycles. The van der Waals surface area contributed by atoms with Gasteiger partial charge < -0.3 is 15.4 Å². The van der Waals surface area contributed by atoms with Crippen molar-refractivity contribution in [1.29, 1.82) is 0 Å². The van der Waals surface area contributed by atoms with Crippen molar-refractivity contribution >= 4 is 17.8 Å². The lowest BCUT2D eigenvalue weighted by Gasteiger charge is -2.20. The van der Waals surface area contributed by atoms with Crippen molar-refractivity contribution in [3.8, 4) is 0 Å². The largest absolute Gasteiger partial charge is 0.386 e. The van der Waals surface area contributed by atoms with Gasteiger partial charge in [0.25, 0.3) is 5.91 Å². The van der Waals surface area contributed by atoms with Crippen LogP contribution in [0, 0.1) is 5.92 Å². The molecule has 2 aliphatic heterocycles. The lowest BCUT2D eigenvalue weighted by atomic mass is 9.94. The molecular formula is C20H16N2O4. The molecule has 1 fully saturated rings. The van der Waals surface area contributed by atoms with Crippen LogP contribution in [0.2, 0.25) is 0 Å². The number of carbonyl (C=O) groups excluding carboxylic acids is 3. The summed E-state index contributed by atoms with van der Waals surface area (Å²) in [5.41, 5.74) is 3.15. The molecule has 2 aromatic carbocycles. The standard InChI is InChI=1S/C20H16N2O4/c23-18(10-5-6-13-14(7-10)20(25)26-19(13)24)22-17-12-4-2-1-3-11(12)15-8-21-9-16(15)17/h1-7,15-17,21H,8-9H2,(H,22,23)/t15-,16-,17-/m0/s1. The van der Waals surface area contributed by atoms with E-state index >= 15 is 0 Å². The van der Waals surface area contributed by atoms with E-state index in [-0.39, 0.29) is 23.1 Å². The fourth-order valence-corrected chi connectivity index (χ4v) is 4.39. The lowest BCUT2D eigenvalue weighted by Crippen LogP contribution is -2.33. The number of hydrogen-bond donors (Lipinski definition) is 2. The van der Waals surface area contributed by atoms with Crippen molar-refractivity contribution in [1.82, 2.24) is 10.6 Å². The number of cyclic esters (lactones) is 2. The third kappa shape index (κ3) is 2.12. The summed E-state index contributed by atoms with van der Waals surface area (Å²) in [5, 5.41) is 6.53. The average Bonchev–Trinajstić information content (AvgIpc) is 3.31. The highest BCUT2D eigenvalue weighted by molar-refractivity contribution is 6.15. The molecule has 1 aliphatic carbocycles. The van der Waals surface area contributed by atoms with Crippen LogP contribution in [0.15, 0.2) is 42.5 Å². The quantitative estimate of drug-likeness (QED) is 0.638. The third-order valence-electron chi connectivity index (χ3n) is 5.61. The molecule has 6 nitrogen and oxygen atoms in total. The molecule has 1 amide bonds. The van der Waals surface area contributed by atoms with Gasteiger partial charge in [0.2, 0.25) is 0 Å². The highest BCUT2D eigenvalue weighted by Gasteiger charge is 2.43. The van der Waals surface area contributed by atoms with E-state index in [1.807, 2.05) is 12.1 Å². The number of nitrogens with one attached hydrogen (secondary N) is 2. The van der Waals surface area contributed by atoms with E-state index in [2.05, 4.69) is 27.5 Å². The number of amides is 1. The van der Waals surface area contributed by atoms with Gasteiger partial charge in [0.15, 0.2) is 0 Å². The zero-order valence-corrected chi connectivity index (χ0v) is 13.8. The summed E-state index contributed by atoms with van der Waals surface area (Å²) in [6.45, 7) is 1.77. The number of esters is 2. The van der Waals surface area contributed by atoms with Gasteiger partial charge in [-0.05, 0) is 29.3 Å². The third-order valence-corrected chi connectivity index (χ3v) is 5.61. The summed E-state index contributed by atoms with van der Waals surface area (Å²) in [4.78, 5) is 36.1. The van der Waals surface area contributed by atoms with Gasteiger partial charge in [-0.1, -0.05) is 24.3 Å². The molecule has 2 heterocycles. The number of benzene rings is 2. The van der Waals surface area contributed by atoms with Crippen LogP contribution in [-0.2, 0) is 4.74 Å². The Morgan fingerprint density at radius 2 is 1.77 bits per heavy atom. The minimum atomic E-state index is -0.703. The van der Waals surface area contributed by atoms with Crippen LogP contribution >= 0.6 is 0 Å². The molecule has 130 valence electrons. The first-order valence-corrected chi connectivity index (χ1v) is 8.64. The van der Waals surface area contributed by atoms with Crippen LogP contribution in [0.3, 0.4) is 0 Å². The van der Waals surface area contributed by atoms with Crippen LogP contribution in [0.1, 0.15) is 54.2 Å². The topological polar surface area (TPSA) is 84.5 Å². The van der Waals surface area contributed by atoms with Crippen molar-refractivity contribution in [2.24, 2.45) is 5.92 Å².